The topological polar surface area (TPSA) is 54.0 Å². The Morgan fingerprint density at radius 1 is 0.963 bits per heavy atom. The molecule has 1 heterocycles. The highest BCUT2D eigenvalue weighted by Gasteiger charge is 2.10. The van der Waals surface area contributed by atoms with Crippen molar-refractivity contribution in [3.8, 4) is 10.6 Å². The van der Waals surface area contributed by atoms with E-state index >= 15 is 0 Å². The molecule has 0 unspecified atom stereocenters. The Balaban J connectivity index is 1.53. The number of halogens is 1. The molecule has 0 radical (unpaired) electrons. The van der Waals surface area contributed by atoms with E-state index in [4.69, 9.17) is 4.98 Å². The maximum atomic E-state index is 12.3. The van der Waals surface area contributed by atoms with Gasteiger partial charge in [-0.3, -0.25) is 0 Å². The molecule has 6 heteroatoms. The Kier molecular flexibility index (Phi) is 4.92. The first-order valence-electron chi connectivity index (χ1n) is 8.39. The van der Waals surface area contributed by atoms with Crippen molar-refractivity contribution in [2.45, 2.75) is 6.92 Å². The zero-order valence-corrected chi connectivity index (χ0v) is 16.9. The second-order valence-corrected chi connectivity index (χ2v) is 7.96. The first-order valence-corrected chi connectivity index (χ1v) is 10.0. The van der Waals surface area contributed by atoms with E-state index < -0.39 is 0 Å². The quantitative estimate of drug-likeness (QED) is 0.375. The van der Waals surface area contributed by atoms with Gasteiger partial charge in [0.25, 0.3) is 0 Å². The number of carbonyl (C=O) groups excluding carboxylic acids is 1. The zero-order valence-electron chi connectivity index (χ0n) is 14.5. The third-order valence-corrected chi connectivity index (χ3v) is 5.91. The standard InChI is InChI=1S/C21H16BrN3OS/c1-13-12-14(20-23-18-8-4-5-9-19(18)27-20)10-11-16(13)24-21(26)25-17-7-3-2-6-15(17)22/h2-12H,1H3,(H2,24,25,26). The van der Waals surface area contributed by atoms with E-state index in [1.54, 1.807) is 11.3 Å². The van der Waals surface area contributed by atoms with Crippen LogP contribution in [0.15, 0.2) is 71.2 Å². The lowest BCUT2D eigenvalue weighted by Crippen LogP contribution is -2.20. The third kappa shape index (κ3) is 3.86. The van der Waals surface area contributed by atoms with Crippen molar-refractivity contribution in [2.24, 2.45) is 0 Å². The number of urea groups is 1. The van der Waals surface area contributed by atoms with Gasteiger partial charge < -0.3 is 10.6 Å². The average Bonchev–Trinajstić information content (AvgIpc) is 3.09. The first kappa shape index (κ1) is 17.7. The van der Waals surface area contributed by atoms with E-state index in [1.807, 2.05) is 67.6 Å². The van der Waals surface area contributed by atoms with Crippen LogP contribution in [0.3, 0.4) is 0 Å². The number of para-hydroxylation sites is 2. The molecule has 1 aromatic heterocycles. The van der Waals surface area contributed by atoms with Gasteiger partial charge in [-0.25, -0.2) is 9.78 Å². The van der Waals surface area contributed by atoms with Gasteiger partial charge in [0, 0.05) is 15.7 Å². The van der Waals surface area contributed by atoms with Crippen molar-refractivity contribution in [2.75, 3.05) is 10.6 Å². The number of amides is 2. The number of hydrogen-bond acceptors (Lipinski definition) is 3. The van der Waals surface area contributed by atoms with E-state index in [9.17, 15) is 4.79 Å². The van der Waals surface area contributed by atoms with Crippen LogP contribution in [0.1, 0.15) is 5.56 Å². The van der Waals surface area contributed by atoms with Crippen LogP contribution in [0.4, 0.5) is 16.2 Å². The molecule has 0 saturated heterocycles. The van der Waals surface area contributed by atoms with Crippen LogP contribution in [-0.4, -0.2) is 11.0 Å². The van der Waals surface area contributed by atoms with Gasteiger partial charge in [-0.05, 0) is 70.9 Å². The minimum atomic E-state index is -0.280. The molecular formula is C21H16BrN3OS. The number of fused-ring (bicyclic) bond motifs is 1. The highest BCUT2D eigenvalue weighted by Crippen LogP contribution is 2.32. The van der Waals surface area contributed by atoms with Gasteiger partial charge in [0.05, 0.1) is 15.9 Å². The number of carbonyl (C=O) groups is 1. The van der Waals surface area contributed by atoms with Crippen molar-refractivity contribution in [3.63, 3.8) is 0 Å². The molecule has 0 aliphatic heterocycles. The highest BCUT2D eigenvalue weighted by molar-refractivity contribution is 9.10. The molecule has 0 atom stereocenters. The summed E-state index contributed by atoms with van der Waals surface area (Å²) in [5.74, 6) is 0. The van der Waals surface area contributed by atoms with Crippen LogP contribution in [0.2, 0.25) is 0 Å². The van der Waals surface area contributed by atoms with Crippen molar-refractivity contribution in [1.29, 1.82) is 0 Å². The van der Waals surface area contributed by atoms with Crippen LogP contribution in [0.5, 0.6) is 0 Å². The highest BCUT2D eigenvalue weighted by atomic mass is 79.9. The van der Waals surface area contributed by atoms with Gasteiger partial charge in [-0.2, -0.15) is 0 Å². The van der Waals surface area contributed by atoms with Gasteiger partial charge in [0.15, 0.2) is 0 Å². The largest absolute Gasteiger partial charge is 0.323 e. The Hall–Kier alpha value is -2.70. The summed E-state index contributed by atoms with van der Waals surface area (Å²) in [6, 6.07) is 21.3. The maximum Gasteiger partial charge on any atom is 0.323 e. The molecule has 0 spiro atoms. The summed E-state index contributed by atoms with van der Waals surface area (Å²) in [6.45, 7) is 1.98. The number of aryl methyl sites for hydroxylation is 1. The molecule has 4 nitrogen and oxygen atoms in total. The fourth-order valence-corrected chi connectivity index (χ4v) is 4.12. The van der Waals surface area contributed by atoms with E-state index in [2.05, 4.69) is 32.6 Å². The van der Waals surface area contributed by atoms with Crippen molar-refractivity contribution >= 4 is 54.9 Å². The van der Waals surface area contributed by atoms with Crippen molar-refractivity contribution in [1.82, 2.24) is 4.98 Å². The first-order chi connectivity index (χ1) is 13.1. The number of aromatic nitrogens is 1. The zero-order chi connectivity index (χ0) is 18.8. The van der Waals surface area contributed by atoms with Gasteiger partial charge in [-0.1, -0.05) is 24.3 Å². The minimum absolute atomic E-state index is 0.280. The molecule has 4 aromatic rings. The van der Waals surface area contributed by atoms with Crippen LogP contribution in [0, 0.1) is 6.92 Å². The molecule has 134 valence electrons. The second-order valence-electron chi connectivity index (χ2n) is 6.08. The van der Waals surface area contributed by atoms with Crippen molar-refractivity contribution < 1.29 is 4.79 Å². The lowest BCUT2D eigenvalue weighted by Gasteiger charge is -2.11. The predicted octanol–water partition coefficient (Wildman–Crippen LogP) is 6.68. The van der Waals surface area contributed by atoms with Crippen LogP contribution in [-0.2, 0) is 0 Å². The lowest BCUT2D eigenvalue weighted by molar-refractivity contribution is 0.262. The van der Waals surface area contributed by atoms with E-state index in [1.165, 1.54) is 4.70 Å². The summed E-state index contributed by atoms with van der Waals surface area (Å²) in [4.78, 5) is 17.0. The predicted molar refractivity (Wildman–Crippen MR) is 117 cm³/mol. The Morgan fingerprint density at radius 3 is 2.48 bits per heavy atom. The number of rotatable bonds is 3. The number of nitrogens with zero attached hydrogens (tertiary/aromatic N) is 1. The molecule has 0 aliphatic rings. The maximum absolute atomic E-state index is 12.3. The molecule has 2 N–H and O–H groups in total. The van der Waals surface area contributed by atoms with Crippen LogP contribution < -0.4 is 10.6 Å². The van der Waals surface area contributed by atoms with Crippen LogP contribution >= 0.6 is 27.3 Å². The van der Waals surface area contributed by atoms with Gasteiger partial charge in [0.2, 0.25) is 0 Å². The van der Waals surface area contributed by atoms with E-state index in [-0.39, 0.29) is 6.03 Å². The fourth-order valence-electron chi connectivity index (χ4n) is 2.77. The fraction of sp³-hybridized carbons (Fsp3) is 0.0476. The normalized spacial score (nSPS) is 10.7. The summed E-state index contributed by atoms with van der Waals surface area (Å²) in [5.41, 5.74) is 4.52. The van der Waals surface area contributed by atoms with Gasteiger partial charge in [0.1, 0.15) is 5.01 Å². The Morgan fingerprint density at radius 2 is 1.70 bits per heavy atom. The third-order valence-electron chi connectivity index (χ3n) is 4.14. The summed E-state index contributed by atoms with van der Waals surface area (Å²) in [5, 5.41) is 6.72. The van der Waals surface area contributed by atoms with E-state index in [0.717, 1.165) is 37.5 Å². The number of benzene rings is 3. The average molecular weight is 438 g/mol. The monoisotopic (exact) mass is 437 g/mol. The van der Waals surface area contributed by atoms with Gasteiger partial charge >= 0.3 is 6.03 Å². The van der Waals surface area contributed by atoms with Gasteiger partial charge in [-0.15, -0.1) is 11.3 Å². The molecule has 0 fully saturated rings. The molecule has 4 rings (SSSR count). The smallest absolute Gasteiger partial charge is 0.307 e. The number of thiazole rings is 1. The number of nitrogens with one attached hydrogen (secondary N) is 2. The molecule has 0 saturated carbocycles. The lowest BCUT2D eigenvalue weighted by atomic mass is 10.1. The summed E-state index contributed by atoms with van der Waals surface area (Å²) in [6.07, 6.45) is 0. The number of anilines is 2. The SMILES string of the molecule is Cc1cc(-c2nc3ccccc3s2)ccc1NC(=O)Nc1ccccc1Br. The summed E-state index contributed by atoms with van der Waals surface area (Å²) < 4.78 is 2.00. The van der Waals surface area contributed by atoms with Crippen LogP contribution in [0.25, 0.3) is 20.8 Å². The summed E-state index contributed by atoms with van der Waals surface area (Å²) in [7, 11) is 0. The molecule has 0 bridgehead atoms. The molecular weight excluding hydrogens is 422 g/mol. The van der Waals surface area contributed by atoms with Crippen molar-refractivity contribution in [3.05, 3.63) is 76.8 Å². The van der Waals surface area contributed by atoms with E-state index in [0.29, 0.717) is 0 Å². The molecule has 2 amide bonds. The summed E-state index contributed by atoms with van der Waals surface area (Å²) >= 11 is 5.09. The Bertz CT molecular complexity index is 1110. The molecule has 0 aliphatic carbocycles. The second kappa shape index (κ2) is 7.50. The molecule has 27 heavy (non-hydrogen) atoms. The number of hydrogen-bond donors (Lipinski definition) is 2. The molecule has 3 aromatic carbocycles. The minimum Gasteiger partial charge on any atom is -0.307 e. The Labute approximate surface area is 169 Å².